The monoisotopic (exact) mass is 223 g/mol. The summed E-state index contributed by atoms with van der Waals surface area (Å²) in [6, 6.07) is 0. The number of nitrogens with one attached hydrogen (secondary N) is 1. The van der Waals surface area contributed by atoms with Gasteiger partial charge in [-0.2, -0.15) is 0 Å². The molecule has 4 nitrogen and oxygen atoms in total. The second-order valence-electron chi connectivity index (χ2n) is 4.88. The van der Waals surface area contributed by atoms with E-state index in [1.807, 2.05) is 6.92 Å². The van der Waals surface area contributed by atoms with Crippen LogP contribution in [0.5, 0.6) is 0 Å². The van der Waals surface area contributed by atoms with E-state index in [0.29, 0.717) is 12.8 Å². The van der Waals surface area contributed by atoms with Gasteiger partial charge >= 0.3 is 5.97 Å². The van der Waals surface area contributed by atoms with Crippen LogP contribution in [0.15, 0.2) is 11.1 Å². The Kier molecular flexibility index (Phi) is 2.74. The minimum absolute atomic E-state index is 0.0671. The van der Waals surface area contributed by atoms with Crippen molar-refractivity contribution in [2.75, 3.05) is 6.54 Å². The molecule has 0 aromatic rings. The van der Waals surface area contributed by atoms with Crippen LogP contribution in [0.4, 0.5) is 0 Å². The van der Waals surface area contributed by atoms with Crippen LogP contribution in [0.2, 0.25) is 0 Å². The van der Waals surface area contributed by atoms with E-state index in [1.165, 1.54) is 0 Å². The van der Waals surface area contributed by atoms with E-state index in [-0.39, 0.29) is 12.5 Å². The van der Waals surface area contributed by atoms with Crippen LogP contribution in [0, 0.1) is 5.41 Å². The molecule has 0 aliphatic heterocycles. The third kappa shape index (κ3) is 1.96. The molecule has 88 valence electrons. The lowest BCUT2D eigenvalue weighted by molar-refractivity contribution is -0.143. The highest BCUT2D eigenvalue weighted by molar-refractivity contribution is 5.95. The van der Waals surface area contributed by atoms with Crippen LogP contribution in [0.1, 0.15) is 39.0 Å². The quantitative estimate of drug-likeness (QED) is 0.758. The number of carboxylic acids is 1. The number of aliphatic carboxylic acids is 1. The molecule has 2 N–H and O–H groups in total. The summed E-state index contributed by atoms with van der Waals surface area (Å²) in [5.74, 6) is -0.854. The van der Waals surface area contributed by atoms with Crippen LogP contribution in [0.3, 0.4) is 0 Å². The molecule has 0 heterocycles. The lowest BCUT2D eigenvalue weighted by Crippen LogP contribution is -2.34. The summed E-state index contributed by atoms with van der Waals surface area (Å²) in [5, 5.41) is 11.7. The first kappa shape index (κ1) is 11.2. The van der Waals surface area contributed by atoms with Gasteiger partial charge in [-0.3, -0.25) is 9.59 Å². The van der Waals surface area contributed by atoms with E-state index < -0.39 is 11.4 Å². The van der Waals surface area contributed by atoms with Gasteiger partial charge in [0.1, 0.15) is 0 Å². The van der Waals surface area contributed by atoms with Gasteiger partial charge < -0.3 is 10.4 Å². The van der Waals surface area contributed by atoms with Crippen molar-refractivity contribution in [3.05, 3.63) is 11.1 Å². The fourth-order valence-electron chi connectivity index (χ4n) is 2.18. The topological polar surface area (TPSA) is 66.4 Å². The molecule has 0 radical (unpaired) electrons. The number of hydrogen-bond acceptors (Lipinski definition) is 2. The highest BCUT2D eigenvalue weighted by Gasteiger charge is 2.50. The fourth-order valence-corrected chi connectivity index (χ4v) is 2.18. The summed E-state index contributed by atoms with van der Waals surface area (Å²) in [6.07, 6.45) is 4.23. The lowest BCUT2D eigenvalue weighted by atomic mass is 10.1. The first-order valence-corrected chi connectivity index (χ1v) is 5.75. The zero-order valence-electron chi connectivity index (χ0n) is 9.51. The second kappa shape index (κ2) is 3.92. The predicted molar refractivity (Wildman–Crippen MR) is 58.9 cm³/mol. The summed E-state index contributed by atoms with van der Waals surface area (Å²) in [6.45, 7) is 2.25. The number of carbonyl (C=O) groups excluding carboxylic acids is 1. The summed E-state index contributed by atoms with van der Waals surface area (Å²) in [4.78, 5) is 22.7. The Balaban J connectivity index is 1.89. The number of rotatable bonds is 4. The van der Waals surface area contributed by atoms with Gasteiger partial charge in [-0.1, -0.05) is 5.57 Å². The van der Waals surface area contributed by atoms with Gasteiger partial charge in [0.25, 0.3) is 0 Å². The van der Waals surface area contributed by atoms with Crippen molar-refractivity contribution in [3.63, 3.8) is 0 Å². The average Bonchev–Trinajstić information content (AvgIpc) is 2.92. The van der Waals surface area contributed by atoms with E-state index in [0.717, 1.165) is 30.4 Å². The van der Waals surface area contributed by atoms with Crippen molar-refractivity contribution < 1.29 is 14.7 Å². The first-order valence-electron chi connectivity index (χ1n) is 5.75. The number of hydrogen-bond donors (Lipinski definition) is 2. The maximum absolute atomic E-state index is 11.8. The summed E-state index contributed by atoms with van der Waals surface area (Å²) in [7, 11) is 0. The molecule has 1 saturated carbocycles. The van der Waals surface area contributed by atoms with Crippen molar-refractivity contribution in [2.24, 2.45) is 5.41 Å². The average molecular weight is 223 g/mol. The van der Waals surface area contributed by atoms with Gasteiger partial charge in [0, 0.05) is 12.1 Å². The Bertz CT molecular complexity index is 366. The molecule has 1 fully saturated rings. The van der Waals surface area contributed by atoms with Gasteiger partial charge in [0.2, 0.25) is 5.91 Å². The standard InChI is InChI=1S/C12H17NO3/c1-8-3-2-4-9(8)10(14)13-7-12(5-6-12)11(15)16/h2-7H2,1H3,(H,13,14)(H,15,16). The molecule has 2 aliphatic rings. The minimum Gasteiger partial charge on any atom is -0.481 e. The molecule has 0 bridgehead atoms. The third-order valence-electron chi connectivity index (χ3n) is 3.66. The maximum Gasteiger partial charge on any atom is 0.311 e. The molecule has 0 spiro atoms. The van der Waals surface area contributed by atoms with Crippen molar-refractivity contribution in [1.82, 2.24) is 5.32 Å². The van der Waals surface area contributed by atoms with E-state index in [1.54, 1.807) is 0 Å². The Morgan fingerprint density at radius 3 is 2.50 bits per heavy atom. The summed E-state index contributed by atoms with van der Waals surface area (Å²) < 4.78 is 0. The predicted octanol–water partition coefficient (Wildman–Crippen LogP) is 1.47. The zero-order valence-corrected chi connectivity index (χ0v) is 9.51. The van der Waals surface area contributed by atoms with Gasteiger partial charge in [0.15, 0.2) is 0 Å². The SMILES string of the molecule is CC1=C(C(=O)NCC2(C(=O)O)CC2)CCC1. The molecular weight excluding hydrogens is 206 g/mol. The number of amides is 1. The van der Waals surface area contributed by atoms with Crippen molar-refractivity contribution >= 4 is 11.9 Å². The molecule has 2 aliphatic carbocycles. The van der Waals surface area contributed by atoms with Gasteiger partial charge in [-0.05, 0) is 39.0 Å². The number of carbonyl (C=O) groups is 2. The van der Waals surface area contributed by atoms with Gasteiger partial charge in [-0.25, -0.2) is 0 Å². The van der Waals surface area contributed by atoms with Gasteiger partial charge in [0.05, 0.1) is 5.41 Å². The van der Waals surface area contributed by atoms with Crippen LogP contribution in [-0.2, 0) is 9.59 Å². The largest absolute Gasteiger partial charge is 0.481 e. The zero-order chi connectivity index (χ0) is 11.8. The smallest absolute Gasteiger partial charge is 0.311 e. The molecule has 1 amide bonds. The molecule has 2 rings (SSSR count). The Labute approximate surface area is 94.7 Å². The van der Waals surface area contributed by atoms with Crippen molar-refractivity contribution in [3.8, 4) is 0 Å². The summed E-state index contributed by atoms with van der Waals surface area (Å²) in [5.41, 5.74) is 1.35. The van der Waals surface area contributed by atoms with Crippen LogP contribution >= 0.6 is 0 Å². The Morgan fingerprint density at radius 2 is 2.06 bits per heavy atom. The molecule has 4 heteroatoms. The molecule has 16 heavy (non-hydrogen) atoms. The molecule has 0 saturated heterocycles. The third-order valence-corrected chi connectivity index (χ3v) is 3.66. The number of carboxylic acid groups (broad SMARTS) is 1. The van der Waals surface area contributed by atoms with Crippen molar-refractivity contribution in [1.29, 1.82) is 0 Å². The van der Waals surface area contributed by atoms with Crippen LogP contribution < -0.4 is 5.32 Å². The van der Waals surface area contributed by atoms with Crippen molar-refractivity contribution in [2.45, 2.75) is 39.0 Å². The van der Waals surface area contributed by atoms with E-state index in [9.17, 15) is 9.59 Å². The number of allylic oxidation sites excluding steroid dienone is 1. The van der Waals surface area contributed by atoms with Crippen LogP contribution in [-0.4, -0.2) is 23.5 Å². The minimum atomic E-state index is -0.787. The molecule has 0 atom stereocenters. The summed E-state index contributed by atoms with van der Waals surface area (Å²) >= 11 is 0. The molecule has 0 unspecified atom stereocenters. The normalized spacial score (nSPS) is 22.1. The Hall–Kier alpha value is -1.32. The fraction of sp³-hybridized carbons (Fsp3) is 0.667. The van der Waals surface area contributed by atoms with E-state index in [4.69, 9.17) is 5.11 Å². The maximum atomic E-state index is 11.8. The van der Waals surface area contributed by atoms with Gasteiger partial charge in [-0.15, -0.1) is 0 Å². The molecule has 0 aromatic carbocycles. The van der Waals surface area contributed by atoms with E-state index in [2.05, 4.69) is 5.32 Å². The highest BCUT2D eigenvalue weighted by Crippen LogP contribution is 2.45. The first-order chi connectivity index (χ1) is 7.55. The lowest BCUT2D eigenvalue weighted by Gasteiger charge is -2.12. The molecule has 0 aromatic heterocycles. The Morgan fingerprint density at radius 1 is 1.38 bits per heavy atom. The van der Waals surface area contributed by atoms with Crippen LogP contribution in [0.25, 0.3) is 0 Å². The van der Waals surface area contributed by atoms with E-state index >= 15 is 0 Å². The molecular formula is C12H17NO3. The highest BCUT2D eigenvalue weighted by atomic mass is 16.4. The second-order valence-corrected chi connectivity index (χ2v) is 4.88.